The maximum absolute atomic E-state index is 12.6. The number of allylic oxidation sites excluding steroid dienone is 2. The Labute approximate surface area is 157 Å². The van der Waals surface area contributed by atoms with Gasteiger partial charge in [0.2, 0.25) is 0 Å². The normalized spacial score (nSPS) is 10.8. The van der Waals surface area contributed by atoms with Crippen LogP contribution >= 0.6 is 15.9 Å². The Morgan fingerprint density at radius 3 is 2.20 bits per heavy atom. The fourth-order valence-corrected chi connectivity index (χ4v) is 2.44. The van der Waals surface area contributed by atoms with E-state index in [1.807, 2.05) is 36.4 Å². The largest absolute Gasteiger partial charge is 0.465 e. The molecule has 0 saturated carbocycles. The monoisotopic (exact) mass is 406 g/mol. The fraction of sp³-hybridized carbons (Fsp3) is 0.400. The van der Waals surface area contributed by atoms with Crippen LogP contribution in [0.1, 0.15) is 32.3 Å². The SMILES string of the molecule is CCOC(=O)C(CC#Cc1ccccc1)(C/C=C/CBr)C(=O)OCC. The predicted octanol–water partition coefficient (Wildman–Crippen LogP) is 3.88. The van der Waals surface area contributed by atoms with E-state index in [4.69, 9.17) is 9.47 Å². The predicted molar refractivity (Wildman–Crippen MR) is 101 cm³/mol. The summed E-state index contributed by atoms with van der Waals surface area (Å²) in [6.45, 7) is 3.79. The van der Waals surface area contributed by atoms with Gasteiger partial charge in [-0.15, -0.1) is 0 Å². The van der Waals surface area contributed by atoms with E-state index in [1.165, 1.54) is 0 Å². The molecule has 0 bridgehead atoms. The smallest absolute Gasteiger partial charge is 0.324 e. The summed E-state index contributed by atoms with van der Waals surface area (Å²) < 4.78 is 10.3. The van der Waals surface area contributed by atoms with Gasteiger partial charge in [0.15, 0.2) is 5.41 Å². The topological polar surface area (TPSA) is 52.6 Å². The van der Waals surface area contributed by atoms with Gasteiger partial charge in [0.25, 0.3) is 0 Å². The second-order valence-corrected chi connectivity index (χ2v) is 5.84. The minimum Gasteiger partial charge on any atom is -0.465 e. The molecule has 1 rings (SSSR count). The third-order valence-corrected chi connectivity index (χ3v) is 3.82. The van der Waals surface area contributed by atoms with Crippen LogP contribution < -0.4 is 0 Å². The molecule has 0 saturated heterocycles. The van der Waals surface area contributed by atoms with Crippen molar-refractivity contribution in [3.05, 3.63) is 48.0 Å². The Bertz CT molecular complexity index is 623. The third-order valence-electron chi connectivity index (χ3n) is 3.45. The lowest BCUT2D eigenvalue weighted by molar-refractivity contribution is -0.171. The van der Waals surface area contributed by atoms with Crippen LogP contribution in [0.3, 0.4) is 0 Å². The Kier molecular flexibility index (Phi) is 9.64. The average molecular weight is 407 g/mol. The first-order valence-electron chi connectivity index (χ1n) is 8.20. The Morgan fingerprint density at radius 2 is 1.68 bits per heavy atom. The van der Waals surface area contributed by atoms with Gasteiger partial charge in [-0.2, -0.15) is 0 Å². The van der Waals surface area contributed by atoms with Crippen molar-refractivity contribution < 1.29 is 19.1 Å². The molecule has 0 aliphatic heterocycles. The average Bonchev–Trinajstić information content (AvgIpc) is 2.61. The second kappa shape index (κ2) is 11.5. The highest BCUT2D eigenvalue weighted by Crippen LogP contribution is 2.31. The molecule has 5 heteroatoms. The number of benzene rings is 1. The highest BCUT2D eigenvalue weighted by atomic mass is 79.9. The van der Waals surface area contributed by atoms with Gasteiger partial charge in [0.1, 0.15) is 0 Å². The van der Waals surface area contributed by atoms with Crippen LogP contribution in [0, 0.1) is 17.3 Å². The Balaban J connectivity index is 3.16. The van der Waals surface area contributed by atoms with Gasteiger partial charge in [0.05, 0.1) is 13.2 Å². The van der Waals surface area contributed by atoms with Crippen molar-refractivity contribution in [2.24, 2.45) is 5.41 Å². The summed E-state index contributed by atoms with van der Waals surface area (Å²) in [7, 11) is 0. The van der Waals surface area contributed by atoms with Gasteiger partial charge in [-0.05, 0) is 32.4 Å². The first-order chi connectivity index (χ1) is 12.1. The number of esters is 2. The van der Waals surface area contributed by atoms with Gasteiger partial charge in [-0.25, -0.2) is 0 Å². The van der Waals surface area contributed by atoms with Gasteiger partial charge in [-0.1, -0.05) is 58.1 Å². The molecule has 0 unspecified atom stereocenters. The van der Waals surface area contributed by atoms with Crippen LogP contribution in [-0.2, 0) is 19.1 Å². The van der Waals surface area contributed by atoms with Crippen LogP contribution in [0.5, 0.6) is 0 Å². The van der Waals surface area contributed by atoms with Crippen LogP contribution in [0.4, 0.5) is 0 Å². The summed E-state index contributed by atoms with van der Waals surface area (Å²) in [5, 5.41) is 0.629. The minimum absolute atomic E-state index is 0.0339. The van der Waals surface area contributed by atoms with Gasteiger partial charge in [0, 0.05) is 17.3 Å². The highest BCUT2D eigenvalue weighted by Gasteiger charge is 2.47. The lowest BCUT2D eigenvalue weighted by Crippen LogP contribution is -2.41. The van der Waals surface area contributed by atoms with E-state index in [2.05, 4.69) is 27.8 Å². The van der Waals surface area contributed by atoms with E-state index >= 15 is 0 Å². The maximum Gasteiger partial charge on any atom is 0.324 e. The number of alkyl halides is 1. The van der Waals surface area contributed by atoms with E-state index in [9.17, 15) is 9.59 Å². The van der Waals surface area contributed by atoms with E-state index < -0.39 is 17.4 Å². The molecule has 1 aromatic rings. The molecule has 134 valence electrons. The van der Waals surface area contributed by atoms with Crippen molar-refractivity contribution >= 4 is 27.9 Å². The van der Waals surface area contributed by atoms with Crippen molar-refractivity contribution in [3.8, 4) is 11.8 Å². The molecule has 0 spiro atoms. The molecule has 0 aromatic heterocycles. The zero-order valence-corrected chi connectivity index (χ0v) is 16.2. The zero-order valence-electron chi connectivity index (χ0n) is 14.6. The molecular weight excluding hydrogens is 384 g/mol. The van der Waals surface area contributed by atoms with E-state index in [0.717, 1.165) is 5.56 Å². The number of carbonyl (C=O) groups excluding carboxylic acids is 2. The molecule has 4 nitrogen and oxygen atoms in total. The first kappa shape index (κ1) is 21.0. The van der Waals surface area contributed by atoms with E-state index in [1.54, 1.807) is 19.9 Å². The molecule has 0 heterocycles. The number of halogens is 1. The Morgan fingerprint density at radius 1 is 1.08 bits per heavy atom. The van der Waals surface area contributed by atoms with Gasteiger partial charge in [-0.3, -0.25) is 9.59 Å². The summed E-state index contributed by atoms with van der Waals surface area (Å²) >= 11 is 3.29. The molecule has 0 aliphatic rings. The van der Waals surface area contributed by atoms with E-state index in [-0.39, 0.29) is 26.1 Å². The van der Waals surface area contributed by atoms with Crippen LogP contribution in [0.15, 0.2) is 42.5 Å². The van der Waals surface area contributed by atoms with Crippen molar-refractivity contribution in [3.63, 3.8) is 0 Å². The Hall–Kier alpha value is -2.06. The van der Waals surface area contributed by atoms with Crippen molar-refractivity contribution in [1.29, 1.82) is 0 Å². The van der Waals surface area contributed by atoms with E-state index in [0.29, 0.717) is 5.33 Å². The van der Waals surface area contributed by atoms with Crippen molar-refractivity contribution in [2.75, 3.05) is 18.5 Å². The maximum atomic E-state index is 12.6. The number of ether oxygens (including phenoxy) is 2. The van der Waals surface area contributed by atoms with Crippen LogP contribution in [-0.4, -0.2) is 30.5 Å². The highest BCUT2D eigenvalue weighted by molar-refractivity contribution is 9.09. The molecule has 1 aromatic carbocycles. The molecule has 25 heavy (non-hydrogen) atoms. The van der Waals surface area contributed by atoms with Crippen molar-refractivity contribution in [1.82, 2.24) is 0 Å². The molecule has 0 N–H and O–H groups in total. The summed E-state index contributed by atoms with van der Waals surface area (Å²) in [5.41, 5.74) is -0.632. The number of carbonyl (C=O) groups is 2. The van der Waals surface area contributed by atoms with Gasteiger partial charge < -0.3 is 9.47 Å². The lowest BCUT2D eigenvalue weighted by atomic mass is 9.81. The number of hydrogen-bond acceptors (Lipinski definition) is 4. The lowest BCUT2D eigenvalue weighted by Gasteiger charge is -2.26. The molecule has 0 atom stereocenters. The van der Waals surface area contributed by atoms with Crippen LogP contribution in [0.25, 0.3) is 0 Å². The van der Waals surface area contributed by atoms with Crippen LogP contribution in [0.2, 0.25) is 0 Å². The zero-order chi connectivity index (χ0) is 18.5. The summed E-state index contributed by atoms with van der Waals surface area (Å²) in [4.78, 5) is 25.2. The molecule has 0 aliphatic carbocycles. The standard InChI is InChI=1S/C20H23BrO4/c1-3-24-18(22)20(14-8-9-16-21,19(23)25-4-2)15-10-13-17-11-6-5-7-12-17/h5-9,11-12H,3-4,14-16H2,1-2H3/b9-8+. The molecule has 0 fully saturated rings. The minimum atomic E-state index is -1.45. The summed E-state index contributed by atoms with van der Waals surface area (Å²) in [5.74, 6) is 4.73. The molecule has 0 amide bonds. The van der Waals surface area contributed by atoms with Crippen molar-refractivity contribution in [2.45, 2.75) is 26.7 Å². The summed E-state index contributed by atoms with van der Waals surface area (Å²) in [6.07, 6.45) is 3.82. The molecule has 0 radical (unpaired) electrons. The fourth-order valence-electron chi connectivity index (χ4n) is 2.17. The second-order valence-electron chi connectivity index (χ2n) is 5.20. The third kappa shape index (κ3) is 6.39. The van der Waals surface area contributed by atoms with Gasteiger partial charge >= 0.3 is 11.9 Å². The summed E-state index contributed by atoms with van der Waals surface area (Å²) in [6, 6.07) is 9.40. The first-order valence-corrected chi connectivity index (χ1v) is 9.32. The quantitative estimate of drug-likeness (QED) is 0.216. The number of rotatable bonds is 8. The number of hydrogen-bond donors (Lipinski definition) is 0. The molecular formula is C20H23BrO4.